The Bertz CT molecular complexity index is 1450. The van der Waals surface area contributed by atoms with Crippen molar-refractivity contribution >= 4 is 5.97 Å². The van der Waals surface area contributed by atoms with Gasteiger partial charge in [0.2, 0.25) is 5.82 Å². The molecule has 0 fully saturated rings. The molecular formula is C27H28N6O3. The molecule has 3 heterocycles. The zero-order valence-corrected chi connectivity index (χ0v) is 20.1. The highest BCUT2D eigenvalue weighted by Gasteiger charge is 2.29. The number of carboxylic acid groups (broad SMARTS) is 1. The first-order valence-corrected chi connectivity index (χ1v) is 12.2. The first kappa shape index (κ1) is 23.5. The summed E-state index contributed by atoms with van der Waals surface area (Å²) in [5.41, 5.74) is 5.27. The summed E-state index contributed by atoms with van der Waals surface area (Å²) in [6, 6.07) is 15.1. The van der Waals surface area contributed by atoms with Crippen LogP contribution in [-0.2, 0) is 24.2 Å². The van der Waals surface area contributed by atoms with Gasteiger partial charge in [0.05, 0.1) is 6.54 Å². The molecule has 0 radical (unpaired) electrons. The number of unbranched alkanes of at least 4 members (excludes halogenated alkanes) is 2. The SMILES string of the molecule is CCCCCc1c(Cc2ccc(-c3ccccc3-c3nn[nH]n3)cc2)c(=O)n2n1C(C(=O)O)C=CC2. The minimum atomic E-state index is -0.956. The lowest BCUT2D eigenvalue weighted by atomic mass is 9.96. The molecule has 0 spiro atoms. The van der Waals surface area contributed by atoms with Crippen LogP contribution in [0.1, 0.15) is 49.0 Å². The van der Waals surface area contributed by atoms with Crippen LogP contribution in [0.4, 0.5) is 0 Å². The molecule has 1 unspecified atom stereocenters. The summed E-state index contributed by atoms with van der Waals surface area (Å²) in [7, 11) is 0. The maximum Gasteiger partial charge on any atom is 0.332 e. The molecule has 1 aliphatic rings. The second kappa shape index (κ2) is 10.2. The van der Waals surface area contributed by atoms with Gasteiger partial charge in [0.25, 0.3) is 5.56 Å². The summed E-state index contributed by atoms with van der Waals surface area (Å²) < 4.78 is 3.27. The van der Waals surface area contributed by atoms with Gasteiger partial charge in [-0.1, -0.05) is 80.4 Å². The summed E-state index contributed by atoms with van der Waals surface area (Å²) in [4.78, 5) is 25.4. The van der Waals surface area contributed by atoms with Gasteiger partial charge in [-0.2, -0.15) is 5.21 Å². The van der Waals surface area contributed by atoms with Crippen molar-refractivity contribution in [3.05, 3.63) is 87.9 Å². The van der Waals surface area contributed by atoms with Crippen molar-refractivity contribution in [3.63, 3.8) is 0 Å². The van der Waals surface area contributed by atoms with Crippen LogP contribution >= 0.6 is 0 Å². The lowest BCUT2D eigenvalue weighted by molar-refractivity contribution is -0.140. The van der Waals surface area contributed by atoms with Crippen LogP contribution < -0.4 is 5.56 Å². The van der Waals surface area contributed by atoms with Crippen LogP contribution in [-0.4, -0.2) is 41.1 Å². The minimum Gasteiger partial charge on any atom is -0.479 e. The van der Waals surface area contributed by atoms with Crippen molar-refractivity contribution in [1.29, 1.82) is 0 Å². The highest BCUT2D eigenvalue weighted by atomic mass is 16.4. The summed E-state index contributed by atoms with van der Waals surface area (Å²) in [5, 5.41) is 24.2. The number of hydrogen-bond acceptors (Lipinski definition) is 5. The first-order valence-electron chi connectivity index (χ1n) is 12.2. The molecule has 5 rings (SSSR count). The standard InChI is InChI=1S/C27H28N6O3/c1-2-3-4-10-23-22(26(34)32-16-7-11-24(27(35)36)33(23)32)17-18-12-14-19(15-13-18)20-8-5-6-9-21(20)25-28-30-31-29-25/h5-9,11-15,24H,2-4,10,16-17H2,1H3,(H,35,36)(H,28,29,30,31). The van der Waals surface area contributed by atoms with E-state index in [1.54, 1.807) is 21.5 Å². The highest BCUT2D eigenvalue weighted by molar-refractivity contribution is 5.80. The normalized spacial score (nSPS) is 14.6. The molecular weight excluding hydrogens is 456 g/mol. The molecule has 2 aromatic heterocycles. The Hall–Kier alpha value is -4.27. The van der Waals surface area contributed by atoms with Gasteiger partial charge in [-0.3, -0.25) is 9.48 Å². The third-order valence-electron chi connectivity index (χ3n) is 6.67. The smallest absolute Gasteiger partial charge is 0.332 e. The quantitative estimate of drug-likeness (QED) is 0.274. The van der Waals surface area contributed by atoms with E-state index >= 15 is 0 Å². The molecule has 4 aromatic rings. The van der Waals surface area contributed by atoms with Gasteiger partial charge in [-0.15, -0.1) is 10.2 Å². The van der Waals surface area contributed by atoms with Crippen molar-refractivity contribution in [2.24, 2.45) is 0 Å². The Kier molecular flexibility index (Phi) is 6.62. The largest absolute Gasteiger partial charge is 0.479 e. The van der Waals surface area contributed by atoms with Gasteiger partial charge < -0.3 is 5.11 Å². The fraction of sp³-hybridized carbons (Fsp3) is 0.296. The number of tetrazole rings is 1. The van der Waals surface area contributed by atoms with Crippen molar-refractivity contribution in [1.82, 2.24) is 30.0 Å². The van der Waals surface area contributed by atoms with E-state index in [-0.39, 0.29) is 5.56 Å². The zero-order chi connectivity index (χ0) is 25.1. The van der Waals surface area contributed by atoms with E-state index in [0.29, 0.717) is 30.8 Å². The third-order valence-corrected chi connectivity index (χ3v) is 6.67. The van der Waals surface area contributed by atoms with Crippen LogP contribution in [0.15, 0.2) is 65.5 Å². The maximum absolute atomic E-state index is 13.4. The van der Waals surface area contributed by atoms with E-state index in [1.807, 2.05) is 48.5 Å². The Labute approximate surface area is 208 Å². The second-order valence-corrected chi connectivity index (χ2v) is 8.98. The van der Waals surface area contributed by atoms with Gasteiger partial charge in [0.15, 0.2) is 6.04 Å². The molecule has 0 amide bonds. The van der Waals surface area contributed by atoms with Crippen molar-refractivity contribution in [3.8, 4) is 22.5 Å². The van der Waals surface area contributed by atoms with Gasteiger partial charge >= 0.3 is 5.97 Å². The van der Waals surface area contributed by atoms with Crippen molar-refractivity contribution in [2.75, 3.05) is 0 Å². The number of aromatic nitrogens is 6. The number of carbonyl (C=O) groups is 1. The summed E-state index contributed by atoms with van der Waals surface area (Å²) in [6.45, 7) is 2.51. The monoisotopic (exact) mass is 484 g/mol. The number of rotatable bonds is 9. The number of carboxylic acids is 1. The predicted molar refractivity (Wildman–Crippen MR) is 136 cm³/mol. The Morgan fingerprint density at radius 2 is 1.89 bits per heavy atom. The molecule has 9 nitrogen and oxygen atoms in total. The van der Waals surface area contributed by atoms with Crippen LogP contribution in [0.3, 0.4) is 0 Å². The predicted octanol–water partition coefficient (Wildman–Crippen LogP) is 4.02. The molecule has 9 heteroatoms. The summed E-state index contributed by atoms with van der Waals surface area (Å²) in [5.74, 6) is -0.428. The number of hydrogen-bond donors (Lipinski definition) is 2. The van der Waals surface area contributed by atoms with Crippen LogP contribution in [0.25, 0.3) is 22.5 Å². The number of aromatic amines is 1. The fourth-order valence-corrected chi connectivity index (χ4v) is 4.91. The number of nitrogens with zero attached hydrogens (tertiary/aromatic N) is 5. The summed E-state index contributed by atoms with van der Waals surface area (Å²) in [6.07, 6.45) is 7.55. The van der Waals surface area contributed by atoms with E-state index < -0.39 is 12.0 Å². The third kappa shape index (κ3) is 4.39. The molecule has 1 atom stereocenters. The molecule has 36 heavy (non-hydrogen) atoms. The second-order valence-electron chi connectivity index (χ2n) is 8.98. The highest BCUT2D eigenvalue weighted by Crippen LogP contribution is 2.30. The van der Waals surface area contributed by atoms with E-state index in [2.05, 4.69) is 27.5 Å². The van der Waals surface area contributed by atoms with Crippen molar-refractivity contribution in [2.45, 2.75) is 51.6 Å². The van der Waals surface area contributed by atoms with E-state index in [0.717, 1.165) is 47.2 Å². The molecule has 184 valence electrons. The van der Waals surface area contributed by atoms with Gasteiger partial charge in [0, 0.05) is 23.2 Å². The lowest BCUT2D eigenvalue weighted by Gasteiger charge is -2.22. The van der Waals surface area contributed by atoms with E-state index in [1.165, 1.54) is 0 Å². The summed E-state index contributed by atoms with van der Waals surface area (Å²) >= 11 is 0. The Morgan fingerprint density at radius 3 is 2.58 bits per heavy atom. The Morgan fingerprint density at radius 1 is 1.11 bits per heavy atom. The molecule has 2 N–H and O–H groups in total. The van der Waals surface area contributed by atoms with Gasteiger partial charge in [0.1, 0.15) is 0 Å². The fourth-order valence-electron chi connectivity index (χ4n) is 4.91. The number of allylic oxidation sites excluding steroid dienone is 1. The minimum absolute atomic E-state index is 0.108. The van der Waals surface area contributed by atoms with Crippen molar-refractivity contribution < 1.29 is 9.90 Å². The van der Waals surface area contributed by atoms with Crippen LogP contribution in [0, 0.1) is 0 Å². The lowest BCUT2D eigenvalue weighted by Crippen LogP contribution is -2.32. The van der Waals surface area contributed by atoms with E-state index in [4.69, 9.17) is 0 Å². The first-order chi connectivity index (χ1) is 17.6. The molecule has 0 aliphatic carbocycles. The van der Waals surface area contributed by atoms with Crippen LogP contribution in [0.5, 0.6) is 0 Å². The number of H-pyrrole nitrogens is 1. The average Bonchev–Trinajstić information content (AvgIpc) is 3.53. The Balaban J connectivity index is 1.48. The average molecular weight is 485 g/mol. The molecule has 2 aromatic carbocycles. The molecule has 0 saturated heterocycles. The molecule has 1 aliphatic heterocycles. The van der Waals surface area contributed by atoms with Gasteiger partial charge in [-0.25, -0.2) is 9.48 Å². The maximum atomic E-state index is 13.4. The molecule has 0 saturated carbocycles. The number of fused-ring (bicyclic) bond motifs is 1. The number of aliphatic carboxylic acids is 1. The zero-order valence-electron chi connectivity index (χ0n) is 20.1. The number of nitrogens with one attached hydrogen (secondary N) is 1. The topological polar surface area (TPSA) is 119 Å². The van der Waals surface area contributed by atoms with Gasteiger partial charge in [-0.05, 0) is 34.7 Å². The van der Waals surface area contributed by atoms with Crippen LogP contribution in [0.2, 0.25) is 0 Å². The molecule has 0 bridgehead atoms. The number of benzene rings is 2. The van der Waals surface area contributed by atoms with E-state index in [9.17, 15) is 14.7 Å².